The Kier molecular flexibility index (Phi) is 6.60. The summed E-state index contributed by atoms with van der Waals surface area (Å²) in [6.07, 6.45) is 4.12. The van der Waals surface area contributed by atoms with Crippen LogP contribution in [-0.4, -0.2) is 17.6 Å². The number of nitro groups is 1. The first-order valence-electron chi connectivity index (χ1n) is 9.11. The smallest absolute Gasteiger partial charge is 0.258 e. The molecule has 0 fully saturated rings. The summed E-state index contributed by atoms with van der Waals surface area (Å²) in [5, 5.41) is 20.2. The lowest BCUT2D eigenvalue weighted by molar-refractivity contribution is -0.384. The first-order chi connectivity index (χ1) is 14.9. The molecule has 0 aliphatic heterocycles. The molecule has 0 N–H and O–H groups in total. The van der Waals surface area contributed by atoms with Crippen LogP contribution in [0.2, 0.25) is 0 Å². The molecule has 0 spiro atoms. The molecule has 0 radical (unpaired) electrons. The zero-order valence-electron chi connectivity index (χ0n) is 16.2. The summed E-state index contributed by atoms with van der Waals surface area (Å²) >= 11 is 0. The van der Waals surface area contributed by atoms with E-state index in [0.29, 0.717) is 5.56 Å². The molecule has 3 aromatic rings. The Hall–Kier alpha value is -4.22. The van der Waals surface area contributed by atoms with Gasteiger partial charge in [-0.15, -0.1) is 0 Å². The first kappa shape index (κ1) is 21.5. The van der Waals surface area contributed by atoms with Crippen LogP contribution >= 0.6 is 0 Å². The molecule has 0 atom stereocenters. The topological polar surface area (TPSA) is 104 Å². The Morgan fingerprint density at radius 2 is 1.52 bits per heavy atom. The van der Waals surface area contributed by atoms with Gasteiger partial charge in [0.25, 0.3) is 15.7 Å². The van der Waals surface area contributed by atoms with E-state index in [1.807, 2.05) is 36.4 Å². The SMILES string of the molecule is N#C/C=C(/c1ccccc1)N(/C=C/c1ccccc1)S(=O)(=O)c1ccc([N+](=O)[O-])cc1. The Balaban J connectivity index is 2.14. The molecule has 0 heterocycles. The number of hydrogen-bond donors (Lipinski definition) is 0. The molecule has 0 unspecified atom stereocenters. The van der Waals surface area contributed by atoms with E-state index in [-0.39, 0.29) is 16.3 Å². The van der Waals surface area contributed by atoms with Crippen molar-refractivity contribution in [1.82, 2.24) is 4.31 Å². The molecular formula is C23H17N3O4S. The number of nitrogens with zero attached hydrogens (tertiary/aromatic N) is 3. The van der Waals surface area contributed by atoms with Crippen molar-refractivity contribution in [2.24, 2.45) is 0 Å². The number of nitriles is 1. The van der Waals surface area contributed by atoms with Crippen LogP contribution in [0.1, 0.15) is 11.1 Å². The van der Waals surface area contributed by atoms with Gasteiger partial charge in [0.15, 0.2) is 0 Å². The van der Waals surface area contributed by atoms with Gasteiger partial charge in [-0.3, -0.25) is 10.1 Å². The van der Waals surface area contributed by atoms with Crippen LogP contribution in [-0.2, 0) is 10.0 Å². The van der Waals surface area contributed by atoms with Crippen molar-refractivity contribution in [2.45, 2.75) is 4.90 Å². The zero-order chi connectivity index (χ0) is 22.3. The Morgan fingerprint density at radius 1 is 0.935 bits per heavy atom. The normalized spacial score (nSPS) is 11.8. The van der Waals surface area contributed by atoms with Crippen LogP contribution in [0.3, 0.4) is 0 Å². The first-order valence-corrected chi connectivity index (χ1v) is 10.5. The second-order valence-electron chi connectivity index (χ2n) is 6.30. The van der Waals surface area contributed by atoms with E-state index in [1.54, 1.807) is 36.4 Å². The summed E-state index contributed by atoms with van der Waals surface area (Å²) < 4.78 is 28.0. The van der Waals surface area contributed by atoms with Crippen LogP contribution < -0.4 is 0 Å². The lowest BCUT2D eigenvalue weighted by Gasteiger charge is -2.23. The lowest BCUT2D eigenvalue weighted by Crippen LogP contribution is -2.25. The van der Waals surface area contributed by atoms with Crippen LogP contribution in [0.15, 0.2) is 102 Å². The summed E-state index contributed by atoms with van der Waals surface area (Å²) in [4.78, 5) is 10.2. The average Bonchev–Trinajstić information content (AvgIpc) is 2.79. The zero-order valence-corrected chi connectivity index (χ0v) is 17.0. The number of nitro benzene ring substituents is 1. The Labute approximate surface area is 180 Å². The van der Waals surface area contributed by atoms with Gasteiger partial charge in [-0.25, -0.2) is 12.7 Å². The lowest BCUT2D eigenvalue weighted by atomic mass is 10.1. The molecule has 8 heteroatoms. The molecule has 0 amide bonds. The van der Waals surface area contributed by atoms with Gasteiger partial charge in [0.05, 0.1) is 21.6 Å². The molecule has 31 heavy (non-hydrogen) atoms. The fourth-order valence-corrected chi connectivity index (χ4v) is 4.15. The van der Waals surface area contributed by atoms with Crippen molar-refractivity contribution in [1.29, 1.82) is 5.26 Å². The number of sulfonamides is 1. The molecule has 3 rings (SSSR count). The summed E-state index contributed by atoms with van der Waals surface area (Å²) in [6.45, 7) is 0. The van der Waals surface area contributed by atoms with Gasteiger partial charge in [0, 0.05) is 24.4 Å². The van der Waals surface area contributed by atoms with E-state index in [0.717, 1.165) is 28.1 Å². The van der Waals surface area contributed by atoms with Gasteiger partial charge in [-0.05, 0) is 29.3 Å². The van der Waals surface area contributed by atoms with E-state index in [2.05, 4.69) is 0 Å². The maximum Gasteiger partial charge on any atom is 0.269 e. The van der Waals surface area contributed by atoms with E-state index in [9.17, 15) is 23.8 Å². The monoisotopic (exact) mass is 431 g/mol. The Morgan fingerprint density at radius 3 is 2.06 bits per heavy atom. The van der Waals surface area contributed by atoms with Crippen molar-refractivity contribution >= 4 is 27.5 Å². The average molecular weight is 431 g/mol. The van der Waals surface area contributed by atoms with Gasteiger partial charge < -0.3 is 0 Å². The highest BCUT2D eigenvalue weighted by Crippen LogP contribution is 2.29. The number of benzene rings is 3. The number of rotatable bonds is 7. The third-order valence-corrected chi connectivity index (χ3v) is 6.02. The van der Waals surface area contributed by atoms with E-state index in [1.165, 1.54) is 18.3 Å². The fraction of sp³-hybridized carbons (Fsp3) is 0. The maximum atomic E-state index is 13.5. The maximum absolute atomic E-state index is 13.5. The molecule has 3 aromatic carbocycles. The molecule has 0 bridgehead atoms. The molecule has 7 nitrogen and oxygen atoms in total. The van der Waals surface area contributed by atoms with Crippen LogP contribution in [0.25, 0.3) is 11.8 Å². The molecule has 0 aliphatic carbocycles. The van der Waals surface area contributed by atoms with Crippen LogP contribution in [0.5, 0.6) is 0 Å². The van der Waals surface area contributed by atoms with E-state index >= 15 is 0 Å². The second-order valence-corrected chi connectivity index (χ2v) is 8.12. The Bertz CT molecular complexity index is 1260. The highest BCUT2D eigenvalue weighted by Gasteiger charge is 2.26. The third-order valence-electron chi connectivity index (χ3n) is 4.31. The molecule has 0 saturated carbocycles. The molecular weight excluding hydrogens is 414 g/mol. The minimum Gasteiger partial charge on any atom is -0.258 e. The van der Waals surface area contributed by atoms with Gasteiger partial charge in [-0.2, -0.15) is 5.26 Å². The highest BCUT2D eigenvalue weighted by atomic mass is 32.2. The van der Waals surface area contributed by atoms with Crippen LogP contribution in [0.4, 0.5) is 5.69 Å². The molecule has 0 aromatic heterocycles. The van der Waals surface area contributed by atoms with E-state index < -0.39 is 14.9 Å². The summed E-state index contributed by atoms with van der Waals surface area (Å²) in [7, 11) is -4.18. The number of hydrogen-bond acceptors (Lipinski definition) is 5. The summed E-state index contributed by atoms with van der Waals surface area (Å²) in [5.74, 6) is 0. The van der Waals surface area contributed by atoms with Crippen molar-refractivity contribution in [3.05, 3.63) is 118 Å². The second kappa shape index (κ2) is 9.52. The van der Waals surface area contributed by atoms with Crippen molar-refractivity contribution in [3.63, 3.8) is 0 Å². The highest BCUT2D eigenvalue weighted by molar-refractivity contribution is 7.89. The van der Waals surface area contributed by atoms with Gasteiger partial charge >= 0.3 is 0 Å². The van der Waals surface area contributed by atoms with Crippen molar-refractivity contribution < 1.29 is 13.3 Å². The van der Waals surface area contributed by atoms with Crippen LogP contribution in [0, 0.1) is 21.4 Å². The predicted octanol–water partition coefficient (Wildman–Crippen LogP) is 4.82. The molecule has 0 saturated heterocycles. The predicted molar refractivity (Wildman–Crippen MR) is 118 cm³/mol. The summed E-state index contributed by atoms with van der Waals surface area (Å²) in [5.41, 5.74) is 1.21. The van der Waals surface area contributed by atoms with Gasteiger partial charge in [0.2, 0.25) is 0 Å². The fourth-order valence-electron chi connectivity index (χ4n) is 2.81. The number of allylic oxidation sites excluding steroid dienone is 1. The van der Waals surface area contributed by atoms with Crippen molar-refractivity contribution in [3.8, 4) is 6.07 Å². The molecule has 0 aliphatic rings. The minimum absolute atomic E-state index is 0.143. The minimum atomic E-state index is -4.18. The van der Waals surface area contributed by atoms with Gasteiger partial charge in [-0.1, -0.05) is 60.7 Å². The quantitative estimate of drug-likeness (QED) is 0.303. The van der Waals surface area contributed by atoms with Gasteiger partial charge in [0.1, 0.15) is 0 Å². The van der Waals surface area contributed by atoms with Crippen molar-refractivity contribution in [2.75, 3.05) is 0 Å². The standard InChI is InChI=1S/C23H17N3O4S/c24-17-15-23(20-9-5-2-6-10-20)25(18-16-19-7-3-1-4-8-19)31(29,30)22-13-11-21(12-14-22)26(27)28/h1-16,18H/b18-16+,23-15-. The van der Waals surface area contributed by atoms with E-state index in [4.69, 9.17) is 0 Å². The summed E-state index contributed by atoms with van der Waals surface area (Å²) in [6, 6.07) is 24.2. The largest absolute Gasteiger partial charge is 0.269 e. The molecule has 154 valence electrons. The number of non-ortho nitro benzene ring substituents is 1. The third kappa shape index (κ3) is 5.04.